The van der Waals surface area contributed by atoms with Gasteiger partial charge in [-0.3, -0.25) is 24.3 Å². The average Bonchev–Trinajstić information content (AvgIpc) is 3.27. The Bertz CT molecular complexity index is 1190. The predicted molar refractivity (Wildman–Crippen MR) is 138 cm³/mol. The van der Waals surface area contributed by atoms with Gasteiger partial charge in [0.05, 0.1) is 12.3 Å². The van der Waals surface area contributed by atoms with Crippen molar-refractivity contribution < 1.29 is 28.7 Å². The summed E-state index contributed by atoms with van der Waals surface area (Å²) in [4.78, 5) is 66.3. The fourth-order valence-electron chi connectivity index (χ4n) is 3.97. The van der Waals surface area contributed by atoms with Crippen LogP contribution in [0.1, 0.15) is 51.0 Å². The van der Waals surface area contributed by atoms with Gasteiger partial charge in [-0.25, -0.2) is 9.48 Å². The molecule has 1 saturated heterocycles. The van der Waals surface area contributed by atoms with Crippen molar-refractivity contribution in [2.75, 3.05) is 32.8 Å². The van der Waals surface area contributed by atoms with Crippen molar-refractivity contribution in [1.29, 1.82) is 0 Å². The lowest BCUT2D eigenvalue weighted by atomic mass is 10.1. The number of carbonyl (C=O) groups is 4. The van der Waals surface area contributed by atoms with E-state index >= 15 is 0 Å². The van der Waals surface area contributed by atoms with Crippen LogP contribution in [0.3, 0.4) is 0 Å². The number of amides is 3. The molecule has 1 aliphatic rings. The Morgan fingerprint density at radius 3 is 2.26 bits per heavy atom. The Morgan fingerprint density at radius 1 is 1.03 bits per heavy atom. The highest BCUT2D eigenvalue weighted by molar-refractivity contribution is 5.96. The molecule has 3 amide bonds. The number of ether oxygens (including phenoxy) is 2. The van der Waals surface area contributed by atoms with E-state index in [0.717, 1.165) is 6.07 Å². The summed E-state index contributed by atoms with van der Waals surface area (Å²) < 4.78 is 11.6. The molecular weight excluding hydrogens is 494 g/mol. The van der Waals surface area contributed by atoms with Crippen molar-refractivity contribution in [3.05, 3.63) is 52.4 Å². The minimum Gasteiger partial charge on any atom is -0.460 e. The number of nitrogens with one attached hydrogen (secondary N) is 2. The van der Waals surface area contributed by atoms with Gasteiger partial charge in [0.15, 0.2) is 0 Å². The monoisotopic (exact) mass is 529 g/mol. The van der Waals surface area contributed by atoms with E-state index in [1.54, 1.807) is 58.0 Å². The number of H-pyrrole nitrogens is 1. The number of nitrogens with zero attached hydrogens (tertiary/aromatic N) is 3. The van der Waals surface area contributed by atoms with Crippen LogP contribution in [-0.2, 0) is 19.1 Å². The molecule has 2 aromatic rings. The van der Waals surface area contributed by atoms with Crippen molar-refractivity contribution in [3.8, 4) is 5.69 Å². The Hall–Kier alpha value is -4.09. The molecule has 38 heavy (non-hydrogen) atoms. The second kappa shape index (κ2) is 12.4. The van der Waals surface area contributed by atoms with Crippen molar-refractivity contribution in [1.82, 2.24) is 24.9 Å². The molecular formula is C26H35N5O7. The summed E-state index contributed by atoms with van der Waals surface area (Å²) in [6, 6.07) is 8.85. The first-order chi connectivity index (χ1) is 18.0. The summed E-state index contributed by atoms with van der Waals surface area (Å²) in [7, 11) is 0. The van der Waals surface area contributed by atoms with Crippen LogP contribution in [0.2, 0.25) is 0 Å². The van der Waals surface area contributed by atoms with Gasteiger partial charge in [0.1, 0.15) is 17.3 Å². The second-order valence-electron chi connectivity index (χ2n) is 9.84. The van der Waals surface area contributed by atoms with E-state index in [-0.39, 0.29) is 51.3 Å². The molecule has 1 aliphatic heterocycles. The zero-order valence-electron chi connectivity index (χ0n) is 22.2. The third-order valence-electron chi connectivity index (χ3n) is 5.76. The number of rotatable bonds is 8. The Labute approximate surface area is 220 Å². The highest BCUT2D eigenvalue weighted by Gasteiger charge is 2.32. The van der Waals surface area contributed by atoms with Gasteiger partial charge < -0.3 is 24.6 Å². The van der Waals surface area contributed by atoms with Crippen molar-refractivity contribution in [2.45, 2.75) is 52.2 Å². The molecule has 1 aromatic heterocycles. The molecule has 2 heterocycles. The molecule has 1 aromatic carbocycles. The molecule has 0 unspecified atom stereocenters. The molecule has 0 aliphatic carbocycles. The fourth-order valence-corrected chi connectivity index (χ4v) is 3.97. The number of carbonyl (C=O) groups excluding carboxylic acids is 4. The van der Waals surface area contributed by atoms with Gasteiger partial charge in [-0.1, -0.05) is 18.2 Å². The summed E-state index contributed by atoms with van der Waals surface area (Å²) in [5, 5.41) is 5.43. The third kappa shape index (κ3) is 7.70. The SMILES string of the molecule is CCOC(=O)N1CCN(C(=O)[C@H](CCC(=O)OC(C)(C)C)NC(=O)c2cc(=O)n(-c3ccccc3)[nH]2)CC1. The second-order valence-corrected chi connectivity index (χ2v) is 9.84. The summed E-state index contributed by atoms with van der Waals surface area (Å²) >= 11 is 0. The largest absolute Gasteiger partial charge is 0.460 e. The molecule has 1 atom stereocenters. The van der Waals surface area contributed by atoms with Gasteiger partial charge in [-0.15, -0.1) is 0 Å². The Morgan fingerprint density at radius 2 is 1.66 bits per heavy atom. The standard InChI is InChI=1S/C26H35N5O7/c1-5-37-25(36)30-15-13-29(14-16-30)24(35)19(11-12-22(33)38-26(2,3)4)27-23(34)20-17-21(32)31(28-20)18-9-7-6-8-10-18/h6-10,17,19,28H,5,11-16H2,1-4H3,(H,27,34)/t19-/m0/s1. The Kier molecular flexibility index (Phi) is 9.32. The number of hydrogen-bond acceptors (Lipinski definition) is 7. The van der Waals surface area contributed by atoms with Gasteiger partial charge in [0, 0.05) is 38.7 Å². The number of benzene rings is 1. The van der Waals surface area contributed by atoms with Crippen molar-refractivity contribution >= 4 is 23.9 Å². The lowest BCUT2D eigenvalue weighted by Crippen LogP contribution is -2.56. The third-order valence-corrected chi connectivity index (χ3v) is 5.76. The van der Waals surface area contributed by atoms with E-state index in [1.807, 2.05) is 0 Å². The van der Waals surface area contributed by atoms with Gasteiger partial charge in [0.2, 0.25) is 5.91 Å². The van der Waals surface area contributed by atoms with E-state index < -0.39 is 41.1 Å². The Balaban J connectivity index is 1.73. The number of hydrogen-bond donors (Lipinski definition) is 2. The smallest absolute Gasteiger partial charge is 0.409 e. The molecule has 0 saturated carbocycles. The van der Waals surface area contributed by atoms with Crippen LogP contribution >= 0.6 is 0 Å². The van der Waals surface area contributed by atoms with E-state index in [9.17, 15) is 24.0 Å². The van der Waals surface area contributed by atoms with Crippen LogP contribution in [0.4, 0.5) is 4.79 Å². The number of esters is 1. The minimum absolute atomic E-state index is 0.00119. The summed E-state index contributed by atoms with van der Waals surface area (Å²) in [6.07, 6.45) is -0.541. The van der Waals surface area contributed by atoms with Crippen molar-refractivity contribution in [2.24, 2.45) is 0 Å². The highest BCUT2D eigenvalue weighted by atomic mass is 16.6. The normalized spacial score (nSPS) is 14.5. The maximum Gasteiger partial charge on any atom is 0.409 e. The zero-order chi connectivity index (χ0) is 27.9. The molecule has 3 rings (SSSR count). The molecule has 2 N–H and O–H groups in total. The number of piperazine rings is 1. The van der Waals surface area contributed by atoms with E-state index in [4.69, 9.17) is 9.47 Å². The fraction of sp³-hybridized carbons (Fsp3) is 0.500. The topological polar surface area (TPSA) is 143 Å². The number of aromatic amines is 1. The van der Waals surface area contributed by atoms with Crippen LogP contribution in [-0.4, -0.2) is 87.9 Å². The van der Waals surface area contributed by atoms with Crippen LogP contribution in [0.25, 0.3) is 5.69 Å². The maximum atomic E-state index is 13.4. The lowest BCUT2D eigenvalue weighted by Gasteiger charge is -2.36. The molecule has 12 nitrogen and oxygen atoms in total. The zero-order valence-corrected chi connectivity index (χ0v) is 22.2. The first kappa shape index (κ1) is 28.5. The van der Waals surface area contributed by atoms with Crippen molar-refractivity contribution in [3.63, 3.8) is 0 Å². The highest BCUT2D eigenvalue weighted by Crippen LogP contribution is 2.13. The number of para-hydroxylation sites is 1. The van der Waals surface area contributed by atoms with Crippen LogP contribution in [0, 0.1) is 0 Å². The number of aromatic nitrogens is 2. The summed E-state index contributed by atoms with van der Waals surface area (Å²) in [6.45, 7) is 8.26. The molecule has 206 valence electrons. The van der Waals surface area contributed by atoms with Crippen LogP contribution in [0.15, 0.2) is 41.2 Å². The molecule has 1 fully saturated rings. The van der Waals surface area contributed by atoms with Crippen LogP contribution in [0.5, 0.6) is 0 Å². The summed E-state index contributed by atoms with van der Waals surface area (Å²) in [5.41, 5.74) is -0.606. The molecule has 0 bridgehead atoms. The van der Waals surface area contributed by atoms with Crippen LogP contribution < -0.4 is 10.9 Å². The minimum atomic E-state index is -1.05. The van der Waals surface area contributed by atoms with Gasteiger partial charge in [-0.05, 0) is 46.2 Å². The quantitative estimate of drug-likeness (QED) is 0.495. The average molecular weight is 530 g/mol. The molecule has 0 spiro atoms. The van der Waals surface area contributed by atoms with Gasteiger partial charge >= 0.3 is 12.1 Å². The predicted octanol–water partition coefficient (Wildman–Crippen LogP) is 1.69. The maximum absolute atomic E-state index is 13.4. The summed E-state index contributed by atoms with van der Waals surface area (Å²) in [5.74, 6) is -1.56. The van der Waals surface area contributed by atoms with Gasteiger partial charge in [0.25, 0.3) is 11.5 Å². The van der Waals surface area contributed by atoms with E-state index in [2.05, 4.69) is 10.4 Å². The first-order valence-electron chi connectivity index (χ1n) is 12.6. The lowest BCUT2D eigenvalue weighted by molar-refractivity contribution is -0.155. The van der Waals surface area contributed by atoms with E-state index in [1.165, 1.54) is 14.5 Å². The molecule has 0 radical (unpaired) electrons. The molecule has 12 heteroatoms. The van der Waals surface area contributed by atoms with Gasteiger partial charge in [-0.2, -0.15) is 0 Å². The van der Waals surface area contributed by atoms with E-state index in [0.29, 0.717) is 5.69 Å². The first-order valence-corrected chi connectivity index (χ1v) is 12.6.